The van der Waals surface area contributed by atoms with Crippen LogP contribution in [0.1, 0.15) is 22.3 Å². The van der Waals surface area contributed by atoms with Gasteiger partial charge in [-0.15, -0.1) is 0 Å². The highest BCUT2D eigenvalue weighted by atomic mass is 31.2. The average molecular weight is 367 g/mol. The summed E-state index contributed by atoms with van der Waals surface area (Å²) >= 11 is 0. The summed E-state index contributed by atoms with van der Waals surface area (Å²) in [6.07, 6.45) is 0. The zero-order chi connectivity index (χ0) is 19.1. The predicted octanol–water partition coefficient (Wildman–Crippen LogP) is 4.62. The first-order valence-corrected chi connectivity index (χ1v) is 10.2. The molecule has 0 unspecified atom stereocenters. The molecule has 3 N–H and O–H groups in total. The van der Waals surface area contributed by atoms with E-state index in [1.807, 2.05) is 50.2 Å². The van der Waals surface area contributed by atoms with Crippen molar-refractivity contribution < 1.29 is 14.7 Å². The van der Waals surface area contributed by atoms with E-state index in [-0.39, 0.29) is 5.30 Å². The fraction of sp³-hybridized carbons (Fsp3) is 0.182. The number of benzene rings is 3. The molecule has 0 aromatic heterocycles. The Labute approximate surface area is 155 Å². The van der Waals surface area contributed by atoms with E-state index in [4.69, 9.17) is 0 Å². The van der Waals surface area contributed by atoms with Crippen molar-refractivity contribution >= 4 is 13.2 Å². The molecular formula is C22H24O3P+. The minimum Gasteiger partial charge on any atom is -0.189 e. The normalized spacial score (nSPS) is 11.7. The Bertz CT molecular complexity index is 972. The van der Waals surface area contributed by atoms with Crippen LogP contribution >= 0.6 is 7.94 Å². The molecule has 0 bridgehead atoms. The Balaban J connectivity index is 2.44. The van der Waals surface area contributed by atoms with Crippen LogP contribution in [0.15, 0.2) is 54.6 Å². The largest absolute Gasteiger partial charge is 0.441 e. The van der Waals surface area contributed by atoms with Crippen molar-refractivity contribution in [2.45, 2.75) is 27.7 Å². The van der Waals surface area contributed by atoms with Gasteiger partial charge in [0.1, 0.15) is 0 Å². The number of hydrogen-bond acceptors (Lipinski definition) is 3. The van der Waals surface area contributed by atoms with Crippen LogP contribution in [0.25, 0.3) is 22.3 Å². The Kier molecular flexibility index (Phi) is 5.01. The summed E-state index contributed by atoms with van der Waals surface area (Å²) in [5, 5.41) is 0.185. The number of hydrogen-bond donors (Lipinski definition) is 3. The summed E-state index contributed by atoms with van der Waals surface area (Å²) in [4.78, 5) is 30.3. The molecule has 0 amide bonds. The molecule has 0 fully saturated rings. The Morgan fingerprint density at radius 2 is 1.04 bits per heavy atom. The predicted molar refractivity (Wildman–Crippen MR) is 109 cm³/mol. The highest BCUT2D eigenvalue weighted by Gasteiger charge is 2.38. The lowest BCUT2D eigenvalue weighted by Gasteiger charge is -2.19. The fourth-order valence-corrected chi connectivity index (χ4v) is 4.19. The van der Waals surface area contributed by atoms with Crippen LogP contribution in [-0.2, 0) is 0 Å². The van der Waals surface area contributed by atoms with Gasteiger partial charge in [-0.2, -0.15) is 14.7 Å². The van der Waals surface area contributed by atoms with Crippen LogP contribution in [0, 0.1) is 27.7 Å². The standard InChI is InChI=1S/C22H24O3P/c1-14-8-5-10-18(16(14)3)20-12-7-13-21(26(23,24)25)22(20)19-11-6-9-15(2)17(19)4/h5-13,23-25H,1-4H3/q+1. The van der Waals surface area contributed by atoms with Gasteiger partial charge in [0.2, 0.25) is 0 Å². The van der Waals surface area contributed by atoms with Crippen molar-refractivity contribution in [1.29, 1.82) is 0 Å². The first-order chi connectivity index (χ1) is 12.2. The topological polar surface area (TPSA) is 60.7 Å². The molecule has 26 heavy (non-hydrogen) atoms. The van der Waals surface area contributed by atoms with Gasteiger partial charge in [-0.25, -0.2) is 0 Å². The van der Waals surface area contributed by atoms with Gasteiger partial charge < -0.3 is 0 Å². The van der Waals surface area contributed by atoms with Crippen molar-refractivity contribution in [2.24, 2.45) is 0 Å². The molecule has 3 aromatic carbocycles. The van der Waals surface area contributed by atoms with Gasteiger partial charge >= 0.3 is 7.94 Å². The summed E-state index contributed by atoms with van der Waals surface area (Å²) in [5.41, 5.74) is 7.96. The van der Waals surface area contributed by atoms with Crippen LogP contribution in [0.2, 0.25) is 0 Å². The van der Waals surface area contributed by atoms with Gasteiger partial charge in [0, 0.05) is 5.56 Å². The van der Waals surface area contributed by atoms with Gasteiger partial charge in [-0.1, -0.05) is 48.5 Å². The maximum absolute atomic E-state index is 10.1. The van der Waals surface area contributed by atoms with Crippen LogP contribution in [0.3, 0.4) is 0 Å². The zero-order valence-electron chi connectivity index (χ0n) is 15.5. The third kappa shape index (κ3) is 3.32. The molecular weight excluding hydrogens is 343 g/mol. The van der Waals surface area contributed by atoms with E-state index in [9.17, 15) is 14.7 Å². The summed E-state index contributed by atoms with van der Waals surface area (Å²) in [7, 11) is -4.18. The van der Waals surface area contributed by atoms with E-state index in [1.54, 1.807) is 12.1 Å². The molecule has 0 saturated heterocycles. The number of aryl methyl sites for hydroxylation is 2. The second-order valence-electron chi connectivity index (χ2n) is 6.76. The van der Waals surface area contributed by atoms with Crippen LogP contribution < -0.4 is 5.30 Å². The van der Waals surface area contributed by atoms with Crippen molar-refractivity contribution in [3.63, 3.8) is 0 Å². The molecule has 0 aliphatic carbocycles. The Morgan fingerprint density at radius 1 is 0.577 bits per heavy atom. The van der Waals surface area contributed by atoms with E-state index in [2.05, 4.69) is 19.9 Å². The quantitative estimate of drug-likeness (QED) is 0.592. The van der Waals surface area contributed by atoms with Gasteiger partial charge in [-0.3, -0.25) is 0 Å². The average Bonchev–Trinajstić information content (AvgIpc) is 2.58. The third-order valence-corrected chi connectivity index (χ3v) is 6.15. The van der Waals surface area contributed by atoms with Crippen molar-refractivity contribution in [3.05, 3.63) is 76.9 Å². The van der Waals surface area contributed by atoms with Gasteiger partial charge in [0.15, 0.2) is 5.30 Å². The molecule has 0 radical (unpaired) electrons. The van der Waals surface area contributed by atoms with Crippen molar-refractivity contribution in [2.75, 3.05) is 0 Å². The number of rotatable bonds is 3. The van der Waals surface area contributed by atoms with Crippen LogP contribution in [0.5, 0.6) is 0 Å². The molecule has 3 aromatic rings. The van der Waals surface area contributed by atoms with E-state index in [0.29, 0.717) is 5.56 Å². The molecule has 0 atom stereocenters. The molecule has 0 saturated carbocycles. The summed E-state index contributed by atoms with van der Waals surface area (Å²) in [5.74, 6) is 0. The monoisotopic (exact) mass is 367 g/mol. The second kappa shape index (κ2) is 6.94. The van der Waals surface area contributed by atoms with Gasteiger partial charge in [-0.05, 0) is 72.7 Å². The highest BCUT2D eigenvalue weighted by molar-refractivity contribution is 7.67. The lowest BCUT2D eigenvalue weighted by atomic mass is 9.88. The summed E-state index contributed by atoms with van der Waals surface area (Å²) in [6, 6.07) is 17.4. The molecule has 134 valence electrons. The molecule has 0 heterocycles. The highest BCUT2D eigenvalue weighted by Crippen LogP contribution is 2.49. The minimum absolute atomic E-state index is 0.185. The van der Waals surface area contributed by atoms with Crippen LogP contribution in [-0.4, -0.2) is 14.7 Å². The molecule has 3 rings (SSSR count). The fourth-order valence-electron chi connectivity index (χ4n) is 3.36. The second-order valence-corrected chi connectivity index (χ2v) is 8.38. The van der Waals surface area contributed by atoms with E-state index in [1.165, 1.54) is 0 Å². The first kappa shape index (κ1) is 18.8. The zero-order valence-corrected chi connectivity index (χ0v) is 16.4. The van der Waals surface area contributed by atoms with Crippen molar-refractivity contribution in [1.82, 2.24) is 0 Å². The van der Waals surface area contributed by atoms with E-state index >= 15 is 0 Å². The van der Waals surface area contributed by atoms with Crippen molar-refractivity contribution in [3.8, 4) is 22.3 Å². The molecule has 0 aliphatic heterocycles. The Morgan fingerprint density at radius 3 is 1.62 bits per heavy atom. The minimum atomic E-state index is -4.18. The van der Waals surface area contributed by atoms with Gasteiger partial charge in [0.25, 0.3) is 0 Å². The maximum atomic E-state index is 10.1. The Hall–Kier alpha value is -2.03. The first-order valence-electron chi connectivity index (χ1n) is 8.56. The molecule has 0 aliphatic rings. The smallest absolute Gasteiger partial charge is 0.189 e. The molecule has 0 spiro atoms. The summed E-state index contributed by atoms with van der Waals surface area (Å²) in [6.45, 7) is 8.16. The lowest BCUT2D eigenvalue weighted by molar-refractivity contribution is 0.347. The van der Waals surface area contributed by atoms with Crippen LogP contribution in [0.4, 0.5) is 0 Å². The lowest BCUT2D eigenvalue weighted by Crippen LogP contribution is -2.14. The SMILES string of the molecule is Cc1cccc(-c2cccc([P+](O)(O)O)c2-c2cccc(C)c2C)c1C. The maximum Gasteiger partial charge on any atom is 0.441 e. The summed E-state index contributed by atoms with van der Waals surface area (Å²) < 4.78 is 0. The van der Waals surface area contributed by atoms with E-state index in [0.717, 1.165) is 38.9 Å². The third-order valence-electron chi connectivity index (χ3n) is 5.13. The van der Waals surface area contributed by atoms with E-state index < -0.39 is 7.94 Å². The van der Waals surface area contributed by atoms with Gasteiger partial charge in [0.05, 0.1) is 0 Å². The molecule has 4 heteroatoms. The molecule has 3 nitrogen and oxygen atoms in total.